The van der Waals surface area contributed by atoms with E-state index in [2.05, 4.69) is 29.5 Å². The van der Waals surface area contributed by atoms with Crippen LogP contribution in [0.25, 0.3) is 0 Å². The zero-order chi connectivity index (χ0) is 16.7. The molecule has 1 aliphatic carbocycles. The normalized spacial score (nSPS) is 22.0. The minimum Gasteiger partial charge on any atom is -0.496 e. The quantitative estimate of drug-likeness (QED) is 0.938. The molecule has 1 aromatic heterocycles. The number of ether oxygens (including phenoxy) is 2. The Bertz CT molecular complexity index is 753. The summed E-state index contributed by atoms with van der Waals surface area (Å²) >= 11 is 0. The molecule has 5 nitrogen and oxygen atoms in total. The number of fused-ring (bicyclic) bond motifs is 2. The van der Waals surface area contributed by atoms with Crippen LogP contribution in [0.5, 0.6) is 11.5 Å². The third kappa shape index (κ3) is 2.67. The molecule has 5 heteroatoms. The van der Waals surface area contributed by atoms with Gasteiger partial charge in [-0.2, -0.15) is 5.10 Å². The molecule has 2 atom stereocenters. The van der Waals surface area contributed by atoms with Crippen molar-refractivity contribution < 1.29 is 9.47 Å². The molecular formula is C19H25N3O2. The summed E-state index contributed by atoms with van der Waals surface area (Å²) in [5.41, 5.74) is 5.10. The average Bonchev–Trinajstić information content (AvgIpc) is 3.14. The van der Waals surface area contributed by atoms with E-state index in [4.69, 9.17) is 9.47 Å². The van der Waals surface area contributed by atoms with Crippen LogP contribution in [-0.2, 0) is 26.4 Å². The summed E-state index contributed by atoms with van der Waals surface area (Å²) in [5.74, 6) is 1.95. The van der Waals surface area contributed by atoms with Crippen LogP contribution in [0, 0.1) is 0 Å². The number of hydrogen-bond acceptors (Lipinski definition) is 4. The molecular weight excluding hydrogens is 302 g/mol. The molecule has 0 radical (unpaired) electrons. The summed E-state index contributed by atoms with van der Waals surface area (Å²) in [6.45, 7) is 2.88. The average molecular weight is 327 g/mol. The number of nitrogens with one attached hydrogen (secondary N) is 1. The van der Waals surface area contributed by atoms with E-state index in [1.165, 1.54) is 23.2 Å². The van der Waals surface area contributed by atoms with Crippen LogP contribution in [0.4, 0.5) is 0 Å². The van der Waals surface area contributed by atoms with Crippen molar-refractivity contribution in [3.8, 4) is 11.5 Å². The van der Waals surface area contributed by atoms with E-state index < -0.39 is 0 Å². The highest BCUT2D eigenvalue weighted by Gasteiger charge is 2.25. The molecule has 0 spiro atoms. The molecule has 4 rings (SSSR count). The van der Waals surface area contributed by atoms with Gasteiger partial charge in [0.15, 0.2) is 0 Å². The monoisotopic (exact) mass is 327 g/mol. The largest absolute Gasteiger partial charge is 0.496 e. The van der Waals surface area contributed by atoms with Crippen LogP contribution in [0.2, 0.25) is 0 Å². The first-order chi connectivity index (χ1) is 11.7. The summed E-state index contributed by atoms with van der Waals surface area (Å²) in [7, 11) is 3.77. The second kappa shape index (κ2) is 6.13. The summed E-state index contributed by atoms with van der Waals surface area (Å²) in [5, 5.41) is 8.12. The summed E-state index contributed by atoms with van der Waals surface area (Å²) < 4.78 is 13.5. The lowest BCUT2D eigenvalue weighted by molar-refractivity contribution is 0.254. The molecule has 0 saturated carbocycles. The lowest BCUT2D eigenvalue weighted by atomic mass is 9.93. The van der Waals surface area contributed by atoms with Crippen LogP contribution in [0.15, 0.2) is 18.3 Å². The first-order valence-corrected chi connectivity index (χ1v) is 8.76. The number of rotatable bonds is 4. The first-order valence-electron chi connectivity index (χ1n) is 8.76. The highest BCUT2D eigenvalue weighted by molar-refractivity contribution is 5.48. The molecule has 0 fully saturated rings. The lowest BCUT2D eigenvalue weighted by Crippen LogP contribution is -2.25. The zero-order valence-electron chi connectivity index (χ0n) is 14.6. The highest BCUT2D eigenvalue weighted by atomic mass is 16.5. The van der Waals surface area contributed by atoms with Crippen molar-refractivity contribution >= 4 is 0 Å². The van der Waals surface area contributed by atoms with E-state index in [-0.39, 0.29) is 6.10 Å². The molecule has 2 aliphatic rings. The fourth-order valence-electron chi connectivity index (χ4n) is 3.96. The molecule has 24 heavy (non-hydrogen) atoms. The predicted octanol–water partition coefficient (Wildman–Crippen LogP) is 2.92. The summed E-state index contributed by atoms with van der Waals surface area (Å²) in [6.07, 6.45) is 6.70. The van der Waals surface area contributed by atoms with E-state index in [9.17, 15) is 0 Å². The molecule has 128 valence electrons. The highest BCUT2D eigenvalue weighted by Crippen LogP contribution is 2.36. The Balaban J connectivity index is 1.54. The van der Waals surface area contributed by atoms with E-state index in [0.29, 0.717) is 6.04 Å². The molecule has 0 saturated heterocycles. The molecule has 0 unspecified atom stereocenters. The summed E-state index contributed by atoms with van der Waals surface area (Å²) in [6, 6.07) is 4.63. The lowest BCUT2D eigenvalue weighted by Gasteiger charge is -2.24. The SMILES string of the molecule is COc1cc2c(cc1CN[C@H]1CCCc3c1cnn3C)O[C@@H](C)C2. The van der Waals surface area contributed by atoms with Crippen LogP contribution in [0.3, 0.4) is 0 Å². The number of methoxy groups -OCH3 is 1. The predicted molar refractivity (Wildman–Crippen MR) is 92.5 cm³/mol. The molecule has 1 N–H and O–H groups in total. The van der Waals surface area contributed by atoms with Gasteiger partial charge < -0.3 is 14.8 Å². The van der Waals surface area contributed by atoms with Crippen LogP contribution < -0.4 is 14.8 Å². The van der Waals surface area contributed by atoms with Crippen molar-refractivity contribution in [1.29, 1.82) is 0 Å². The zero-order valence-corrected chi connectivity index (χ0v) is 14.6. The van der Waals surface area contributed by atoms with E-state index in [1.807, 2.05) is 17.9 Å². The van der Waals surface area contributed by atoms with Crippen LogP contribution >= 0.6 is 0 Å². The number of aryl methyl sites for hydroxylation is 1. The van der Waals surface area contributed by atoms with Gasteiger partial charge in [0.1, 0.15) is 17.6 Å². The van der Waals surface area contributed by atoms with Crippen molar-refractivity contribution in [3.05, 3.63) is 40.7 Å². The van der Waals surface area contributed by atoms with E-state index >= 15 is 0 Å². The molecule has 0 amide bonds. The maximum Gasteiger partial charge on any atom is 0.123 e. The molecule has 1 aromatic carbocycles. The third-order valence-corrected chi connectivity index (χ3v) is 5.21. The number of aromatic nitrogens is 2. The van der Waals surface area contributed by atoms with Gasteiger partial charge in [0.05, 0.1) is 13.3 Å². The summed E-state index contributed by atoms with van der Waals surface area (Å²) in [4.78, 5) is 0. The van der Waals surface area contributed by atoms with Gasteiger partial charge in [-0.15, -0.1) is 0 Å². The van der Waals surface area contributed by atoms with E-state index in [1.54, 1.807) is 7.11 Å². The Morgan fingerprint density at radius 3 is 3.12 bits per heavy atom. The van der Waals surface area contributed by atoms with Gasteiger partial charge in [-0.1, -0.05) is 0 Å². The van der Waals surface area contributed by atoms with Crippen LogP contribution in [-0.4, -0.2) is 23.0 Å². The Kier molecular flexibility index (Phi) is 3.96. The topological polar surface area (TPSA) is 48.3 Å². The molecule has 2 heterocycles. The maximum absolute atomic E-state index is 5.90. The fraction of sp³-hybridized carbons (Fsp3) is 0.526. The van der Waals surface area contributed by atoms with Crippen LogP contribution in [0.1, 0.15) is 48.2 Å². The number of hydrogen-bond donors (Lipinski definition) is 1. The van der Waals surface area contributed by atoms with Crippen molar-refractivity contribution in [2.24, 2.45) is 7.05 Å². The fourth-order valence-corrected chi connectivity index (χ4v) is 3.96. The Hall–Kier alpha value is -2.01. The number of nitrogens with zero attached hydrogens (tertiary/aromatic N) is 2. The van der Waals surface area contributed by atoms with Crippen molar-refractivity contribution in [2.45, 2.75) is 51.3 Å². The second-order valence-corrected chi connectivity index (χ2v) is 6.90. The Labute approximate surface area is 143 Å². The standard InChI is InChI=1S/C19H25N3O2/c1-12-7-13-8-18(23-3)14(9-19(13)24-12)10-20-16-5-4-6-17-15(16)11-21-22(17)2/h8-9,11-12,16,20H,4-7,10H2,1-3H3/t12-,16-/m0/s1. The third-order valence-electron chi connectivity index (χ3n) is 5.21. The van der Waals surface area contributed by atoms with Gasteiger partial charge >= 0.3 is 0 Å². The van der Waals surface area contributed by atoms with Gasteiger partial charge in [-0.25, -0.2) is 0 Å². The molecule has 0 bridgehead atoms. The van der Waals surface area contributed by atoms with Gasteiger partial charge in [0, 0.05) is 48.4 Å². The van der Waals surface area contributed by atoms with Gasteiger partial charge in [-0.3, -0.25) is 4.68 Å². The first kappa shape index (κ1) is 15.5. The van der Waals surface area contributed by atoms with Crippen molar-refractivity contribution in [3.63, 3.8) is 0 Å². The number of benzene rings is 1. The molecule has 1 aliphatic heterocycles. The minimum atomic E-state index is 0.254. The Morgan fingerprint density at radius 1 is 1.42 bits per heavy atom. The van der Waals surface area contributed by atoms with Crippen molar-refractivity contribution in [2.75, 3.05) is 7.11 Å². The minimum absolute atomic E-state index is 0.254. The molecule has 2 aromatic rings. The van der Waals surface area contributed by atoms with E-state index in [0.717, 1.165) is 42.9 Å². The van der Waals surface area contributed by atoms with Gasteiger partial charge in [0.25, 0.3) is 0 Å². The second-order valence-electron chi connectivity index (χ2n) is 6.90. The van der Waals surface area contributed by atoms with Crippen molar-refractivity contribution in [1.82, 2.24) is 15.1 Å². The maximum atomic E-state index is 5.90. The van der Waals surface area contributed by atoms with Gasteiger partial charge in [0.2, 0.25) is 0 Å². The Morgan fingerprint density at radius 2 is 2.29 bits per heavy atom. The van der Waals surface area contributed by atoms with Gasteiger partial charge in [-0.05, 0) is 38.3 Å². The smallest absolute Gasteiger partial charge is 0.123 e.